The Morgan fingerprint density at radius 1 is 1.11 bits per heavy atom. The van der Waals surface area contributed by atoms with E-state index in [0.717, 1.165) is 13.1 Å². The van der Waals surface area contributed by atoms with Gasteiger partial charge < -0.3 is 30.7 Å². The fourth-order valence-corrected chi connectivity index (χ4v) is 3.28. The Bertz CT molecular complexity index is 1010. The highest BCUT2D eigenvalue weighted by Gasteiger charge is 2.28. The topological polar surface area (TPSA) is 140 Å². The maximum atomic E-state index is 14.9. The summed E-state index contributed by atoms with van der Waals surface area (Å²) < 4.78 is 14.9. The largest absolute Gasteiger partial charge is 0.478 e. The molecule has 3 rings (SSSR count). The summed E-state index contributed by atoms with van der Waals surface area (Å²) in [5, 5.41) is 18.8. The Balaban J connectivity index is 2.17. The van der Waals surface area contributed by atoms with Gasteiger partial charge in [0.15, 0.2) is 0 Å². The van der Waals surface area contributed by atoms with Gasteiger partial charge in [-0.2, -0.15) is 0 Å². The highest BCUT2D eigenvalue weighted by molar-refractivity contribution is 6.07. The molecule has 1 aliphatic heterocycles. The quantitative estimate of drug-likeness (QED) is 0.604. The van der Waals surface area contributed by atoms with Gasteiger partial charge in [-0.3, -0.25) is 4.79 Å². The molecular weight excluding hydrogens is 371 g/mol. The molecule has 0 atom stereocenters. The predicted octanol–water partition coefficient (Wildman–Crippen LogP) is 0.911. The minimum Gasteiger partial charge on any atom is -0.478 e. The Hall–Kier alpha value is -3.40. The van der Waals surface area contributed by atoms with Gasteiger partial charge in [0.05, 0.1) is 0 Å². The van der Waals surface area contributed by atoms with Crippen molar-refractivity contribution in [2.45, 2.75) is 0 Å². The summed E-state index contributed by atoms with van der Waals surface area (Å²) in [5.41, 5.74) is 2.65. The molecule has 2 aromatic rings. The molecule has 0 unspecified atom stereocenters. The van der Waals surface area contributed by atoms with Crippen LogP contribution in [0.4, 0.5) is 15.9 Å². The molecule has 1 aliphatic rings. The van der Waals surface area contributed by atoms with Crippen LogP contribution in [0.5, 0.6) is 0 Å². The van der Waals surface area contributed by atoms with Crippen LogP contribution in [0, 0.1) is 5.82 Å². The molecule has 0 aliphatic carbocycles. The second-order valence-corrected chi connectivity index (χ2v) is 6.56. The summed E-state index contributed by atoms with van der Waals surface area (Å²) >= 11 is 0. The first-order valence-electron chi connectivity index (χ1n) is 8.46. The van der Waals surface area contributed by atoms with Gasteiger partial charge in [-0.15, -0.1) is 0 Å². The van der Waals surface area contributed by atoms with Crippen LogP contribution in [0.3, 0.4) is 0 Å². The van der Waals surface area contributed by atoms with Crippen molar-refractivity contribution in [3.63, 3.8) is 0 Å². The molecule has 1 aromatic carbocycles. The normalized spacial score (nSPS) is 14.9. The van der Waals surface area contributed by atoms with E-state index in [-0.39, 0.29) is 5.56 Å². The van der Waals surface area contributed by atoms with Crippen LogP contribution in [0.2, 0.25) is 0 Å². The zero-order chi connectivity index (χ0) is 20.6. The first-order valence-corrected chi connectivity index (χ1v) is 8.46. The molecule has 0 bridgehead atoms. The van der Waals surface area contributed by atoms with Crippen LogP contribution < -0.4 is 16.2 Å². The highest BCUT2D eigenvalue weighted by Crippen LogP contribution is 2.33. The van der Waals surface area contributed by atoms with Crippen LogP contribution in [0.1, 0.15) is 20.7 Å². The molecule has 1 fully saturated rings. The van der Waals surface area contributed by atoms with Crippen molar-refractivity contribution in [1.29, 1.82) is 0 Å². The number of anilines is 2. The van der Waals surface area contributed by atoms with Gasteiger partial charge in [0.2, 0.25) is 0 Å². The molecule has 9 nitrogen and oxygen atoms in total. The number of H-pyrrole nitrogens is 1. The number of piperazine rings is 1. The van der Waals surface area contributed by atoms with Gasteiger partial charge in [0.1, 0.15) is 22.8 Å². The number of aromatic nitrogens is 1. The Morgan fingerprint density at radius 3 is 2.25 bits per heavy atom. The summed E-state index contributed by atoms with van der Waals surface area (Å²) in [6, 6.07) is 4.05. The number of rotatable bonds is 4. The minimum absolute atomic E-state index is 0.314. The molecule has 28 heavy (non-hydrogen) atoms. The van der Waals surface area contributed by atoms with E-state index in [4.69, 9.17) is 5.73 Å². The van der Waals surface area contributed by atoms with Gasteiger partial charge >= 0.3 is 11.9 Å². The lowest BCUT2D eigenvalue weighted by atomic mass is 9.94. The molecule has 1 aromatic heterocycles. The molecule has 0 spiro atoms. The Kier molecular flexibility index (Phi) is 5.06. The van der Waals surface area contributed by atoms with Crippen molar-refractivity contribution in [1.82, 2.24) is 9.88 Å². The van der Waals surface area contributed by atoms with Crippen LogP contribution in [0.25, 0.3) is 11.1 Å². The van der Waals surface area contributed by atoms with Crippen molar-refractivity contribution in [2.24, 2.45) is 0 Å². The number of carboxylic acids is 2. The van der Waals surface area contributed by atoms with E-state index in [1.54, 1.807) is 6.07 Å². The summed E-state index contributed by atoms with van der Waals surface area (Å²) in [7, 11) is 1.99. The summed E-state index contributed by atoms with van der Waals surface area (Å²) in [6.45, 7) is 2.99. The van der Waals surface area contributed by atoms with E-state index < -0.39 is 45.8 Å². The Morgan fingerprint density at radius 2 is 1.71 bits per heavy atom. The Labute approximate surface area is 158 Å². The van der Waals surface area contributed by atoms with Crippen LogP contribution >= 0.6 is 0 Å². The maximum Gasteiger partial charge on any atom is 0.342 e. The summed E-state index contributed by atoms with van der Waals surface area (Å²) in [6.07, 6.45) is 0. The number of likely N-dealkylation sites (N-methyl/N-ethyl adjacent to an activating group) is 1. The summed E-state index contributed by atoms with van der Waals surface area (Å²) in [5.74, 6) is -4.64. The van der Waals surface area contributed by atoms with E-state index in [9.17, 15) is 29.0 Å². The maximum absolute atomic E-state index is 14.9. The molecule has 0 radical (unpaired) electrons. The zero-order valence-corrected chi connectivity index (χ0v) is 15.0. The van der Waals surface area contributed by atoms with E-state index >= 15 is 0 Å². The van der Waals surface area contributed by atoms with Gasteiger partial charge in [-0.25, -0.2) is 14.0 Å². The number of hydrogen-bond donors (Lipinski definition) is 4. The van der Waals surface area contributed by atoms with Crippen molar-refractivity contribution in [3.8, 4) is 11.1 Å². The number of nitrogen functional groups attached to an aromatic ring is 1. The number of aromatic amines is 1. The molecule has 1 saturated heterocycles. The molecule has 0 saturated carbocycles. The van der Waals surface area contributed by atoms with Crippen molar-refractivity contribution in [3.05, 3.63) is 45.5 Å². The van der Waals surface area contributed by atoms with E-state index in [2.05, 4.69) is 4.90 Å². The van der Waals surface area contributed by atoms with Gasteiger partial charge in [-0.05, 0) is 25.2 Å². The van der Waals surface area contributed by atoms with Crippen LogP contribution in [0.15, 0.2) is 23.0 Å². The number of pyridine rings is 1. The lowest BCUT2D eigenvalue weighted by molar-refractivity contribution is 0.0695. The van der Waals surface area contributed by atoms with Gasteiger partial charge in [-0.1, -0.05) is 0 Å². The van der Waals surface area contributed by atoms with Crippen molar-refractivity contribution < 1.29 is 24.2 Å². The molecule has 148 valence electrons. The zero-order valence-electron chi connectivity index (χ0n) is 15.0. The van der Waals surface area contributed by atoms with E-state index in [1.807, 2.05) is 16.9 Å². The third kappa shape index (κ3) is 3.41. The lowest BCUT2D eigenvalue weighted by Gasteiger charge is -2.34. The van der Waals surface area contributed by atoms with Gasteiger partial charge in [0.25, 0.3) is 5.56 Å². The first-order chi connectivity index (χ1) is 13.2. The number of nitrogens with one attached hydrogen (secondary N) is 1. The lowest BCUT2D eigenvalue weighted by Crippen LogP contribution is -2.44. The fraction of sp³-hybridized carbons (Fsp3) is 0.278. The SMILES string of the molecule is CN1CCN(c2ccc(-c3c(C(=O)O)c(N)[nH]c(=O)c3C(=O)O)c(F)c2)CC1. The van der Waals surface area contributed by atoms with Crippen LogP contribution in [-0.4, -0.2) is 65.3 Å². The number of hydrogen-bond acceptors (Lipinski definition) is 6. The molecule has 10 heteroatoms. The minimum atomic E-state index is -1.68. The third-order valence-corrected chi connectivity index (χ3v) is 4.76. The van der Waals surface area contributed by atoms with E-state index in [1.165, 1.54) is 12.1 Å². The second-order valence-electron chi connectivity index (χ2n) is 6.56. The van der Waals surface area contributed by atoms with Gasteiger partial charge in [0, 0.05) is 43.0 Å². The number of halogens is 1. The number of carbonyl (C=O) groups is 2. The monoisotopic (exact) mass is 390 g/mol. The highest BCUT2D eigenvalue weighted by atomic mass is 19.1. The summed E-state index contributed by atoms with van der Waals surface area (Å²) in [4.78, 5) is 41.4. The smallest absolute Gasteiger partial charge is 0.342 e. The first kappa shape index (κ1) is 19.4. The van der Waals surface area contributed by atoms with Crippen LogP contribution in [-0.2, 0) is 0 Å². The number of nitrogens with zero attached hydrogens (tertiary/aromatic N) is 2. The molecular formula is C18H19FN4O5. The van der Waals surface area contributed by atoms with Crippen molar-refractivity contribution >= 4 is 23.4 Å². The average Bonchev–Trinajstić information content (AvgIpc) is 2.60. The van der Waals surface area contributed by atoms with E-state index in [0.29, 0.717) is 18.8 Å². The second kappa shape index (κ2) is 7.31. The molecule has 2 heterocycles. The number of aromatic carboxylic acids is 2. The third-order valence-electron chi connectivity index (χ3n) is 4.76. The predicted molar refractivity (Wildman–Crippen MR) is 100 cm³/mol. The molecule has 0 amide bonds. The standard InChI is InChI=1S/C18H19FN4O5/c1-22-4-6-23(7-5-22)9-2-3-10(11(19)8-9)12-13(17(25)26)15(20)21-16(24)14(12)18(27)28/h2-3,8H,4-7H2,1H3,(H,25,26)(H,27,28)(H3,20,21,24). The number of carboxylic acid groups (broad SMARTS) is 2. The number of nitrogens with two attached hydrogens (primary N) is 1. The number of benzene rings is 1. The molecule has 5 N–H and O–H groups in total. The average molecular weight is 390 g/mol. The van der Waals surface area contributed by atoms with Crippen molar-refractivity contribution in [2.75, 3.05) is 43.9 Å². The fourth-order valence-electron chi connectivity index (χ4n) is 3.28.